The Kier molecular flexibility index (Phi) is 3.69. The molecule has 118 valence electrons. The summed E-state index contributed by atoms with van der Waals surface area (Å²) in [4.78, 5) is 14.8. The first-order valence-electron chi connectivity index (χ1n) is 7.25. The van der Waals surface area contributed by atoms with Gasteiger partial charge in [-0.2, -0.15) is 5.10 Å². The van der Waals surface area contributed by atoms with Crippen LogP contribution < -0.4 is 5.32 Å². The second-order valence-corrected chi connectivity index (χ2v) is 5.52. The molecule has 0 aliphatic heterocycles. The lowest BCUT2D eigenvalue weighted by Gasteiger charge is -2.16. The number of nitrogens with zero attached hydrogens (tertiary/aromatic N) is 4. The molecule has 23 heavy (non-hydrogen) atoms. The van der Waals surface area contributed by atoms with Gasteiger partial charge in [0.2, 0.25) is 0 Å². The van der Waals surface area contributed by atoms with Crippen LogP contribution in [0.4, 0.5) is 11.4 Å². The van der Waals surface area contributed by atoms with Crippen molar-refractivity contribution in [1.29, 1.82) is 0 Å². The van der Waals surface area contributed by atoms with E-state index in [2.05, 4.69) is 15.4 Å². The fourth-order valence-electron chi connectivity index (χ4n) is 2.81. The Bertz CT molecular complexity index is 887. The zero-order chi connectivity index (χ0) is 16.6. The zero-order valence-corrected chi connectivity index (χ0v) is 13.1. The Morgan fingerprint density at radius 2 is 2.09 bits per heavy atom. The smallest absolute Gasteiger partial charge is 0.278 e. The van der Waals surface area contributed by atoms with E-state index in [1.54, 1.807) is 23.0 Å². The highest BCUT2D eigenvalue weighted by atomic mass is 16.6. The summed E-state index contributed by atoms with van der Waals surface area (Å²) < 4.78 is 1.78. The molecule has 2 aromatic heterocycles. The lowest BCUT2D eigenvalue weighted by molar-refractivity contribution is -0.383. The van der Waals surface area contributed by atoms with Crippen LogP contribution in [0.5, 0.6) is 0 Å². The Labute approximate surface area is 133 Å². The number of nitro groups is 1. The number of aryl methyl sites for hydroxylation is 2. The van der Waals surface area contributed by atoms with E-state index in [0.29, 0.717) is 5.39 Å². The molecule has 0 amide bonds. The monoisotopic (exact) mass is 311 g/mol. The third kappa shape index (κ3) is 2.73. The van der Waals surface area contributed by atoms with Gasteiger partial charge in [-0.15, -0.1) is 0 Å². The van der Waals surface area contributed by atoms with Crippen LogP contribution in [0.2, 0.25) is 0 Å². The predicted octanol–water partition coefficient (Wildman–Crippen LogP) is 3.36. The van der Waals surface area contributed by atoms with E-state index in [1.165, 1.54) is 12.3 Å². The lowest BCUT2D eigenvalue weighted by atomic mass is 10.1. The van der Waals surface area contributed by atoms with Crippen LogP contribution in [0.25, 0.3) is 10.8 Å². The molecule has 0 aliphatic rings. The van der Waals surface area contributed by atoms with Crippen molar-refractivity contribution in [3.05, 3.63) is 58.2 Å². The number of non-ortho nitro benzene ring substituents is 1. The maximum atomic E-state index is 11.2. The normalized spacial score (nSPS) is 12.3. The topological polar surface area (TPSA) is 85.9 Å². The fraction of sp³-hybridized carbons (Fsp3) is 0.250. The van der Waals surface area contributed by atoms with Crippen molar-refractivity contribution in [2.24, 2.45) is 7.05 Å². The molecule has 1 atom stereocenters. The molecule has 1 unspecified atom stereocenters. The van der Waals surface area contributed by atoms with E-state index in [9.17, 15) is 10.1 Å². The highest BCUT2D eigenvalue weighted by Crippen LogP contribution is 2.32. The van der Waals surface area contributed by atoms with Gasteiger partial charge in [-0.05, 0) is 26.0 Å². The molecule has 3 rings (SSSR count). The molecule has 1 N–H and O–H groups in total. The molecule has 1 aromatic carbocycles. The number of benzene rings is 1. The summed E-state index contributed by atoms with van der Waals surface area (Å²) in [6.07, 6.45) is 5.14. The number of hydrogen-bond donors (Lipinski definition) is 1. The third-order valence-electron chi connectivity index (χ3n) is 3.88. The van der Waals surface area contributed by atoms with Crippen molar-refractivity contribution >= 4 is 22.1 Å². The predicted molar refractivity (Wildman–Crippen MR) is 88.4 cm³/mol. The average Bonchev–Trinajstić information content (AvgIpc) is 2.86. The van der Waals surface area contributed by atoms with Crippen molar-refractivity contribution in [2.75, 3.05) is 5.32 Å². The quantitative estimate of drug-likeness (QED) is 0.590. The minimum atomic E-state index is -0.386. The summed E-state index contributed by atoms with van der Waals surface area (Å²) in [5.74, 6) is 0. The Hall–Kier alpha value is -2.96. The number of fused-ring (bicyclic) bond motifs is 1. The molecule has 2 heterocycles. The van der Waals surface area contributed by atoms with Gasteiger partial charge in [-0.25, -0.2) is 0 Å². The number of aromatic nitrogens is 3. The number of hydrogen-bond acceptors (Lipinski definition) is 5. The summed E-state index contributed by atoms with van der Waals surface area (Å²) in [7, 11) is 1.89. The third-order valence-corrected chi connectivity index (χ3v) is 3.88. The largest absolute Gasteiger partial charge is 0.378 e. The van der Waals surface area contributed by atoms with Gasteiger partial charge in [0.25, 0.3) is 5.69 Å². The zero-order valence-electron chi connectivity index (χ0n) is 13.1. The Morgan fingerprint density at radius 1 is 1.30 bits per heavy atom. The van der Waals surface area contributed by atoms with Crippen LogP contribution in [-0.4, -0.2) is 19.7 Å². The van der Waals surface area contributed by atoms with Gasteiger partial charge in [-0.3, -0.25) is 19.8 Å². The van der Waals surface area contributed by atoms with Gasteiger partial charge >= 0.3 is 0 Å². The molecular formula is C16H17N5O2. The SMILES string of the molecule is Cc1nn(C)cc1C(C)Nc1ccc([N+](=O)[O-])c2cnccc12. The number of pyridine rings is 1. The molecule has 0 saturated carbocycles. The first-order chi connectivity index (χ1) is 11.0. The van der Waals surface area contributed by atoms with Gasteiger partial charge in [0.05, 0.1) is 22.0 Å². The van der Waals surface area contributed by atoms with E-state index in [0.717, 1.165) is 22.3 Å². The van der Waals surface area contributed by atoms with Gasteiger partial charge in [0.1, 0.15) is 0 Å². The van der Waals surface area contributed by atoms with Crippen LogP contribution in [0.1, 0.15) is 24.2 Å². The van der Waals surface area contributed by atoms with Crippen molar-refractivity contribution < 1.29 is 4.92 Å². The minimum absolute atomic E-state index is 0.0292. The summed E-state index contributed by atoms with van der Waals surface area (Å²) in [6, 6.07) is 5.06. The summed E-state index contributed by atoms with van der Waals surface area (Å²) >= 11 is 0. The fourth-order valence-corrected chi connectivity index (χ4v) is 2.81. The van der Waals surface area contributed by atoms with Gasteiger partial charge < -0.3 is 5.32 Å². The maximum Gasteiger partial charge on any atom is 0.278 e. The van der Waals surface area contributed by atoms with E-state index < -0.39 is 0 Å². The summed E-state index contributed by atoms with van der Waals surface area (Å²) in [5, 5.41) is 20.2. The van der Waals surface area contributed by atoms with Crippen molar-refractivity contribution in [1.82, 2.24) is 14.8 Å². The van der Waals surface area contributed by atoms with Crippen LogP contribution >= 0.6 is 0 Å². The van der Waals surface area contributed by atoms with Gasteiger partial charge in [0.15, 0.2) is 0 Å². The molecule has 0 fully saturated rings. The molecule has 3 aromatic rings. The first-order valence-corrected chi connectivity index (χ1v) is 7.25. The number of anilines is 1. The highest BCUT2D eigenvalue weighted by molar-refractivity contribution is 5.99. The van der Waals surface area contributed by atoms with Crippen molar-refractivity contribution in [2.45, 2.75) is 19.9 Å². The Morgan fingerprint density at radius 3 is 2.74 bits per heavy atom. The summed E-state index contributed by atoms with van der Waals surface area (Å²) in [6.45, 7) is 4.00. The molecular weight excluding hydrogens is 294 g/mol. The van der Waals surface area contributed by atoms with E-state index in [4.69, 9.17) is 0 Å². The average molecular weight is 311 g/mol. The second-order valence-electron chi connectivity index (χ2n) is 5.52. The maximum absolute atomic E-state index is 11.2. The number of nitro benzene ring substituents is 1. The van der Waals surface area contributed by atoms with Crippen LogP contribution in [0.3, 0.4) is 0 Å². The van der Waals surface area contributed by atoms with Gasteiger partial charge in [-0.1, -0.05) is 0 Å². The summed E-state index contributed by atoms with van der Waals surface area (Å²) in [5.41, 5.74) is 2.95. The van der Waals surface area contributed by atoms with Crippen LogP contribution in [-0.2, 0) is 7.05 Å². The molecule has 0 saturated heterocycles. The van der Waals surface area contributed by atoms with Crippen LogP contribution in [0, 0.1) is 17.0 Å². The molecule has 0 aliphatic carbocycles. The van der Waals surface area contributed by atoms with Crippen LogP contribution in [0.15, 0.2) is 36.8 Å². The highest BCUT2D eigenvalue weighted by Gasteiger charge is 2.17. The molecule has 7 heteroatoms. The molecule has 7 nitrogen and oxygen atoms in total. The molecule has 0 radical (unpaired) electrons. The van der Waals surface area contributed by atoms with Crippen molar-refractivity contribution in [3.8, 4) is 0 Å². The minimum Gasteiger partial charge on any atom is -0.378 e. The Balaban J connectivity index is 2.02. The van der Waals surface area contributed by atoms with E-state index in [1.807, 2.05) is 27.1 Å². The van der Waals surface area contributed by atoms with E-state index >= 15 is 0 Å². The molecule has 0 spiro atoms. The van der Waals surface area contributed by atoms with E-state index in [-0.39, 0.29) is 16.7 Å². The first kappa shape index (κ1) is 15.0. The standard InChI is InChI=1S/C16H17N5O2/c1-10(14-9-20(3)19-11(14)2)18-15-4-5-16(21(22)23)13-8-17-7-6-12(13)15/h4-10,18H,1-3H3. The second kappa shape index (κ2) is 5.68. The number of rotatable bonds is 4. The van der Waals surface area contributed by atoms with Crippen molar-refractivity contribution in [3.63, 3.8) is 0 Å². The molecule has 0 bridgehead atoms. The lowest BCUT2D eigenvalue weighted by Crippen LogP contribution is -2.08. The van der Waals surface area contributed by atoms with Gasteiger partial charge in [0, 0.05) is 48.3 Å². The number of nitrogens with one attached hydrogen (secondary N) is 1.